The van der Waals surface area contributed by atoms with E-state index in [2.05, 4.69) is 29.7 Å². The summed E-state index contributed by atoms with van der Waals surface area (Å²) >= 11 is 0. The van der Waals surface area contributed by atoms with Gasteiger partial charge >= 0.3 is 0 Å². The molecule has 0 bridgehead atoms. The standard InChI is InChI=1S/C26H33N3O5/c1-3-26(18-8-5-4-6-9-18)16-34-23-20(25(31)28-2)12-17(13-21(23)26)24(30)29-11-7-10-22-32-14-19(27)15-33-22/h4-6,8-9,12-13,19,22H,3,7,10-11,14-16,27H2,1-2H3,(H,28,31)(H,29,30)/t19?,22?,26-/m0/s1. The Hall–Kier alpha value is -2.94. The van der Waals surface area contributed by atoms with Crippen molar-refractivity contribution in [3.05, 3.63) is 64.7 Å². The minimum absolute atomic E-state index is 0.0830. The van der Waals surface area contributed by atoms with Gasteiger partial charge in [0.05, 0.1) is 30.2 Å². The predicted molar refractivity (Wildman–Crippen MR) is 128 cm³/mol. The summed E-state index contributed by atoms with van der Waals surface area (Å²) in [5.41, 5.74) is 8.11. The molecule has 1 atom stereocenters. The van der Waals surface area contributed by atoms with Crippen LogP contribution >= 0.6 is 0 Å². The summed E-state index contributed by atoms with van der Waals surface area (Å²) in [7, 11) is 1.57. The fourth-order valence-electron chi connectivity index (χ4n) is 4.64. The lowest BCUT2D eigenvalue weighted by Crippen LogP contribution is -2.41. The lowest BCUT2D eigenvalue weighted by Gasteiger charge is -2.27. The van der Waals surface area contributed by atoms with Crippen molar-refractivity contribution < 1.29 is 23.8 Å². The molecule has 1 saturated heterocycles. The van der Waals surface area contributed by atoms with Gasteiger partial charge in [-0.25, -0.2) is 0 Å². The Balaban J connectivity index is 1.54. The average molecular weight is 468 g/mol. The Morgan fingerprint density at radius 2 is 1.85 bits per heavy atom. The van der Waals surface area contributed by atoms with Crippen LogP contribution in [0.25, 0.3) is 0 Å². The molecule has 2 aliphatic rings. The van der Waals surface area contributed by atoms with Crippen LogP contribution in [0.3, 0.4) is 0 Å². The highest BCUT2D eigenvalue weighted by Gasteiger charge is 2.43. The third-order valence-electron chi connectivity index (χ3n) is 6.63. The molecular formula is C26H33N3O5. The lowest BCUT2D eigenvalue weighted by atomic mass is 9.73. The molecule has 182 valence electrons. The van der Waals surface area contributed by atoms with Gasteiger partial charge in [-0.15, -0.1) is 0 Å². The van der Waals surface area contributed by atoms with Gasteiger partial charge in [0.2, 0.25) is 0 Å². The SMILES string of the molecule is CC[C@@]1(c2ccccc2)COc2c(C(=O)NC)cc(C(=O)NCCCC3OCC(N)CO3)cc21. The number of amides is 2. The van der Waals surface area contributed by atoms with Gasteiger partial charge in [-0.1, -0.05) is 37.3 Å². The fraction of sp³-hybridized carbons (Fsp3) is 0.462. The van der Waals surface area contributed by atoms with E-state index in [-0.39, 0.29) is 24.1 Å². The zero-order valence-electron chi connectivity index (χ0n) is 19.8. The van der Waals surface area contributed by atoms with Crippen LogP contribution in [-0.4, -0.2) is 57.6 Å². The van der Waals surface area contributed by atoms with Crippen molar-refractivity contribution in [3.8, 4) is 5.75 Å². The second-order valence-electron chi connectivity index (χ2n) is 8.82. The Morgan fingerprint density at radius 1 is 1.12 bits per heavy atom. The van der Waals surface area contributed by atoms with Crippen LogP contribution in [0.2, 0.25) is 0 Å². The zero-order valence-corrected chi connectivity index (χ0v) is 19.8. The Bertz CT molecular complexity index is 1020. The molecule has 0 aromatic heterocycles. The van der Waals surface area contributed by atoms with Gasteiger partial charge < -0.3 is 30.6 Å². The fourth-order valence-corrected chi connectivity index (χ4v) is 4.64. The van der Waals surface area contributed by atoms with E-state index >= 15 is 0 Å². The van der Waals surface area contributed by atoms with E-state index in [1.807, 2.05) is 24.3 Å². The molecule has 8 heteroatoms. The number of fused-ring (bicyclic) bond motifs is 1. The van der Waals surface area contributed by atoms with Crippen molar-refractivity contribution in [2.45, 2.75) is 43.9 Å². The second kappa shape index (κ2) is 10.5. The quantitative estimate of drug-likeness (QED) is 0.514. The maximum atomic E-state index is 13.1. The first-order valence-corrected chi connectivity index (χ1v) is 11.8. The van der Waals surface area contributed by atoms with Gasteiger partial charge in [0.25, 0.3) is 11.8 Å². The number of benzene rings is 2. The van der Waals surface area contributed by atoms with Crippen molar-refractivity contribution in [1.29, 1.82) is 0 Å². The minimum atomic E-state index is -0.424. The van der Waals surface area contributed by atoms with E-state index in [4.69, 9.17) is 19.9 Å². The zero-order chi connectivity index (χ0) is 24.1. The average Bonchev–Trinajstić information content (AvgIpc) is 3.26. The topological polar surface area (TPSA) is 112 Å². The minimum Gasteiger partial charge on any atom is -0.491 e. The first-order valence-electron chi connectivity index (χ1n) is 11.8. The van der Waals surface area contributed by atoms with Crippen molar-refractivity contribution >= 4 is 11.8 Å². The molecule has 2 aromatic carbocycles. The normalized spacial score (nSPS) is 23.6. The highest BCUT2D eigenvalue weighted by Crippen LogP contribution is 2.47. The van der Waals surface area contributed by atoms with Crippen molar-refractivity contribution in [1.82, 2.24) is 10.6 Å². The number of rotatable bonds is 8. The lowest BCUT2D eigenvalue weighted by molar-refractivity contribution is -0.188. The molecule has 2 aliphatic heterocycles. The van der Waals surface area contributed by atoms with Crippen LogP contribution in [-0.2, 0) is 14.9 Å². The summed E-state index contributed by atoms with van der Waals surface area (Å²) in [5, 5.41) is 5.63. The first kappa shape index (κ1) is 24.2. The number of carbonyl (C=O) groups is 2. The highest BCUT2D eigenvalue weighted by atomic mass is 16.7. The molecule has 0 saturated carbocycles. The number of hydrogen-bond acceptors (Lipinski definition) is 6. The number of ether oxygens (including phenoxy) is 3. The van der Waals surface area contributed by atoms with Crippen LogP contribution in [0.5, 0.6) is 5.75 Å². The monoisotopic (exact) mass is 467 g/mol. The Kier molecular flexibility index (Phi) is 7.50. The van der Waals surface area contributed by atoms with Gasteiger partial charge in [0, 0.05) is 31.1 Å². The smallest absolute Gasteiger partial charge is 0.254 e. The van der Waals surface area contributed by atoms with Crippen molar-refractivity contribution in [2.75, 3.05) is 33.4 Å². The second-order valence-corrected chi connectivity index (χ2v) is 8.82. The Morgan fingerprint density at radius 3 is 2.53 bits per heavy atom. The van der Waals surface area contributed by atoms with E-state index in [0.29, 0.717) is 56.1 Å². The third-order valence-corrected chi connectivity index (χ3v) is 6.63. The number of nitrogens with two attached hydrogens (primary N) is 1. The Labute approximate surface area is 200 Å². The summed E-state index contributed by atoms with van der Waals surface area (Å²) in [4.78, 5) is 25.8. The summed E-state index contributed by atoms with van der Waals surface area (Å²) in [6.45, 7) is 3.95. The van der Waals surface area contributed by atoms with Crippen LogP contribution < -0.4 is 21.1 Å². The van der Waals surface area contributed by atoms with Crippen LogP contribution in [0.1, 0.15) is 58.0 Å². The molecule has 2 amide bonds. The molecule has 0 unspecified atom stereocenters. The van der Waals surface area contributed by atoms with Crippen LogP contribution in [0.4, 0.5) is 0 Å². The molecule has 34 heavy (non-hydrogen) atoms. The van der Waals surface area contributed by atoms with Crippen molar-refractivity contribution in [3.63, 3.8) is 0 Å². The van der Waals surface area contributed by atoms with Gasteiger partial charge in [-0.3, -0.25) is 9.59 Å². The van der Waals surface area contributed by atoms with E-state index in [1.165, 1.54) is 0 Å². The molecule has 0 spiro atoms. The first-order chi connectivity index (χ1) is 16.5. The van der Waals surface area contributed by atoms with Gasteiger partial charge in [-0.2, -0.15) is 0 Å². The van der Waals surface area contributed by atoms with Gasteiger partial charge in [0.1, 0.15) is 12.4 Å². The molecular weight excluding hydrogens is 434 g/mol. The van der Waals surface area contributed by atoms with Crippen molar-refractivity contribution in [2.24, 2.45) is 5.73 Å². The molecule has 2 heterocycles. The predicted octanol–water partition coefficient (Wildman–Crippen LogP) is 2.34. The molecule has 0 aliphatic carbocycles. The summed E-state index contributed by atoms with van der Waals surface area (Å²) in [6, 6.07) is 13.5. The van der Waals surface area contributed by atoms with E-state index < -0.39 is 5.41 Å². The number of nitrogens with one attached hydrogen (secondary N) is 2. The number of carbonyl (C=O) groups excluding carboxylic acids is 2. The van der Waals surface area contributed by atoms with Gasteiger partial charge in [0.15, 0.2) is 6.29 Å². The molecule has 2 aromatic rings. The van der Waals surface area contributed by atoms with E-state index in [1.54, 1.807) is 13.1 Å². The molecule has 1 fully saturated rings. The van der Waals surface area contributed by atoms with Crippen LogP contribution in [0, 0.1) is 0 Å². The largest absolute Gasteiger partial charge is 0.491 e. The maximum Gasteiger partial charge on any atom is 0.254 e. The molecule has 4 N–H and O–H groups in total. The summed E-state index contributed by atoms with van der Waals surface area (Å²) < 4.78 is 17.2. The molecule has 4 rings (SSSR count). The van der Waals surface area contributed by atoms with Gasteiger partial charge in [-0.05, 0) is 30.5 Å². The molecule has 8 nitrogen and oxygen atoms in total. The third kappa shape index (κ3) is 4.80. The van der Waals surface area contributed by atoms with E-state index in [0.717, 1.165) is 17.5 Å². The maximum absolute atomic E-state index is 13.1. The van der Waals surface area contributed by atoms with E-state index in [9.17, 15) is 9.59 Å². The number of hydrogen-bond donors (Lipinski definition) is 3. The van der Waals surface area contributed by atoms with Crippen LogP contribution in [0.15, 0.2) is 42.5 Å². The summed E-state index contributed by atoms with van der Waals surface area (Å²) in [5.74, 6) is 0.0347. The summed E-state index contributed by atoms with van der Waals surface area (Å²) in [6.07, 6.45) is 1.85. The molecule has 0 radical (unpaired) electrons. The highest BCUT2D eigenvalue weighted by molar-refractivity contribution is 6.02.